The zero-order chi connectivity index (χ0) is 16.7. The molecular weight excluding hydrogens is 300 g/mol. The molecule has 24 heavy (non-hydrogen) atoms. The summed E-state index contributed by atoms with van der Waals surface area (Å²) in [4.78, 5) is 12.1. The van der Waals surface area contributed by atoms with Gasteiger partial charge in [-0.25, -0.2) is 9.20 Å². The minimum Gasteiger partial charge on any atom is -0.268 e. The van der Waals surface area contributed by atoms with Crippen molar-refractivity contribution in [2.45, 2.75) is 39.2 Å². The van der Waals surface area contributed by atoms with Gasteiger partial charge in [0.25, 0.3) is 5.56 Å². The molecule has 0 radical (unpaired) electrons. The average Bonchev–Trinajstić information content (AvgIpc) is 3.22. The molecule has 5 heteroatoms. The molecule has 122 valence electrons. The van der Waals surface area contributed by atoms with Gasteiger partial charge < -0.3 is 0 Å². The number of nitrogens with zero attached hydrogens (tertiary/aromatic N) is 4. The molecule has 0 fully saturated rings. The molecule has 0 unspecified atom stereocenters. The van der Waals surface area contributed by atoms with Crippen molar-refractivity contribution in [3.05, 3.63) is 58.7 Å². The van der Waals surface area contributed by atoms with Crippen LogP contribution in [-0.2, 0) is 0 Å². The molecule has 1 aliphatic carbocycles. The second-order valence-electron chi connectivity index (χ2n) is 6.47. The second-order valence-corrected chi connectivity index (χ2v) is 6.47. The molecule has 0 saturated heterocycles. The summed E-state index contributed by atoms with van der Waals surface area (Å²) < 4.78 is 3.44. The standard InChI is InChI=1S/C19H20N4O/c1-13(2)23-17(24)11-10-15(20-23)18-16-9-5-6-12-22(16)21-19(18)14-7-3-4-8-14/h5-7,9-13H,3-4,8H2,1-2H3. The van der Waals surface area contributed by atoms with E-state index in [0.717, 1.165) is 35.3 Å². The summed E-state index contributed by atoms with van der Waals surface area (Å²) in [5, 5.41) is 9.41. The minimum absolute atomic E-state index is 0.0217. The van der Waals surface area contributed by atoms with Crippen molar-refractivity contribution in [1.82, 2.24) is 19.4 Å². The van der Waals surface area contributed by atoms with Crippen LogP contribution in [0.2, 0.25) is 0 Å². The number of aromatic nitrogens is 4. The van der Waals surface area contributed by atoms with Crippen molar-refractivity contribution >= 4 is 11.1 Å². The molecule has 0 aromatic carbocycles. The maximum atomic E-state index is 12.1. The molecule has 3 heterocycles. The Labute approximate surface area is 140 Å². The van der Waals surface area contributed by atoms with Crippen molar-refractivity contribution in [1.29, 1.82) is 0 Å². The molecule has 0 saturated carbocycles. The van der Waals surface area contributed by atoms with Gasteiger partial charge in [-0.1, -0.05) is 12.1 Å². The van der Waals surface area contributed by atoms with Crippen LogP contribution in [0.4, 0.5) is 0 Å². The summed E-state index contributed by atoms with van der Waals surface area (Å²) in [5.41, 5.74) is 5.01. The highest BCUT2D eigenvalue weighted by Crippen LogP contribution is 2.35. The lowest BCUT2D eigenvalue weighted by Crippen LogP contribution is -2.23. The third-order valence-electron chi connectivity index (χ3n) is 4.46. The first kappa shape index (κ1) is 14.9. The van der Waals surface area contributed by atoms with Crippen LogP contribution in [0.5, 0.6) is 0 Å². The van der Waals surface area contributed by atoms with Gasteiger partial charge in [0.05, 0.1) is 28.5 Å². The number of allylic oxidation sites excluding steroid dienone is 2. The third-order valence-corrected chi connectivity index (χ3v) is 4.46. The quantitative estimate of drug-likeness (QED) is 0.739. The largest absolute Gasteiger partial charge is 0.268 e. The minimum atomic E-state index is -0.0770. The molecule has 5 nitrogen and oxygen atoms in total. The SMILES string of the molecule is CC(C)n1nc(-c2c(C3=CCCC3)nn3ccccc23)ccc1=O. The smallest absolute Gasteiger partial charge is 0.267 e. The highest BCUT2D eigenvalue weighted by atomic mass is 16.1. The Morgan fingerprint density at radius 1 is 1.12 bits per heavy atom. The Morgan fingerprint density at radius 3 is 2.75 bits per heavy atom. The zero-order valence-corrected chi connectivity index (χ0v) is 13.9. The Morgan fingerprint density at radius 2 is 2.00 bits per heavy atom. The van der Waals surface area contributed by atoms with Crippen molar-refractivity contribution in [2.24, 2.45) is 0 Å². The van der Waals surface area contributed by atoms with Crippen molar-refractivity contribution in [2.75, 3.05) is 0 Å². The third kappa shape index (κ3) is 2.37. The highest BCUT2D eigenvalue weighted by Gasteiger charge is 2.21. The molecule has 0 atom stereocenters. The Hall–Kier alpha value is -2.69. The molecule has 3 aromatic heterocycles. The van der Waals surface area contributed by atoms with Crippen LogP contribution in [0.3, 0.4) is 0 Å². The monoisotopic (exact) mass is 320 g/mol. The summed E-state index contributed by atoms with van der Waals surface area (Å²) >= 11 is 0. The van der Waals surface area contributed by atoms with E-state index in [1.165, 1.54) is 16.7 Å². The van der Waals surface area contributed by atoms with Crippen LogP contribution in [0.1, 0.15) is 44.8 Å². The number of hydrogen-bond donors (Lipinski definition) is 0. The molecule has 0 N–H and O–H groups in total. The Balaban J connectivity index is 2.00. The molecule has 0 aliphatic heterocycles. The number of fused-ring (bicyclic) bond motifs is 1. The first-order valence-electron chi connectivity index (χ1n) is 8.42. The summed E-state index contributed by atoms with van der Waals surface area (Å²) in [7, 11) is 0. The number of pyridine rings is 1. The summed E-state index contributed by atoms with van der Waals surface area (Å²) in [6.07, 6.45) is 7.53. The van der Waals surface area contributed by atoms with E-state index in [9.17, 15) is 4.79 Å². The lowest BCUT2D eigenvalue weighted by atomic mass is 10.0. The maximum absolute atomic E-state index is 12.1. The van der Waals surface area contributed by atoms with E-state index in [4.69, 9.17) is 5.10 Å². The highest BCUT2D eigenvalue weighted by molar-refractivity contribution is 5.88. The lowest BCUT2D eigenvalue weighted by molar-refractivity contribution is 0.505. The Bertz CT molecular complexity index is 994. The van der Waals surface area contributed by atoms with Crippen LogP contribution in [0.25, 0.3) is 22.3 Å². The van der Waals surface area contributed by atoms with Crippen LogP contribution in [0, 0.1) is 0 Å². The van der Waals surface area contributed by atoms with E-state index in [-0.39, 0.29) is 11.6 Å². The van der Waals surface area contributed by atoms with Gasteiger partial charge in [0.15, 0.2) is 0 Å². The zero-order valence-electron chi connectivity index (χ0n) is 13.9. The fraction of sp³-hybridized carbons (Fsp3) is 0.316. The van der Waals surface area contributed by atoms with E-state index in [2.05, 4.69) is 11.2 Å². The van der Waals surface area contributed by atoms with Crippen LogP contribution >= 0.6 is 0 Å². The number of rotatable bonds is 3. The predicted octanol–water partition coefficient (Wildman–Crippen LogP) is 3.71. The average molecular weight is 320 g/mol. The molecule has 0 bridgehead atoms. The van der Waals surface area contributed by atoms with Gasteiger partial charge >= 0.3 is 0 Å². The Kier molecular flexibility index (Phi) is 3.56. The van der Waals surface area contributed by atoms with E-state index >= 15 is 0 Å². The van der Waals surface area contributed by atoms with E-state index < -0.39 is 0 Å². The predicted molar refractivity (Wildman–Crippen MR) is 94.9 cm³/mol. The van der Waals surface area contributed by atoms with Gasteiger partial charge in [-0.05, 0) is 56.9 Å². The first-order chi connectivity index (χ1) is 11.6. The lowest BCUT2D eigenvalue weighted by Gasteiger charge is -2.10. The van der Waals surface area contributed by atoms with Crippen molar-refractivity contribution < 1.29 is 0 Å². The normalized spacial score (nSPS) is 14.5. The van der Waals surface area contributed by atoms with E-state index in [1.807, 2.05) is 48.8 Å². The maximum Gasteiger partial charge on any atom is 0.267 e. The second kappa shape index (κ2) is 5.74. The topological polar surface area (TPSA) is 52.2 Å². The van der Waals surface area contributed by atoms with Gasteiger partial charge in [0.2, 0.25) is 0 Å². The van der Waals surface area contributed by atoms with Gasteiger partial charge in [-0.2, -0.15) is 10.2 Å². The summed E-state index contributed by atoms with van der Waals surface area (Å²) in [6, 6.07) is 9.46. The summed E-state index contributed by atoms with van der Waals surface area (Å²) in [6.45, 7) is 3.93. The number of hydrogen-bond acceptors (Lipinski definition) is 3. The van der Waals surface area contributed by atoms with Crippen LogP contribution in [0.15, 0.2) is 47.4 Å². The molecule has 1 aliphatic rings. The van der Waals surface area contributed by atoms with Gasteiger partial charge in [0.1, 0.15) is 0 Å². The first-order valence-corrected chi connectivity index (χ1v) is 8.42. The molecule has 0 spiro atoms. The molecule has 3 aromatic rings. The molecule has 4 rings (SSSR count). The van der Waals surface area contributed by atoms with Crippen LogP contribution in [-0.4, -0.2) is 19.4 Å². The fourth-order valence-electron chi connectivity index (χ4n) is 3.29. The van der Waals surface area contributed by atoms with Gasteiger partial charge in [-0.3, -0.25) is 4.79 Å². The summed E-state index contributed by atoms with van der Waals surface area (Å²) in [5.74, 6) is 0. The van der Waals surface area contributed by atoms with Gasteiger partial charge in [-0.15, -0.1) is 0 Å². The van der Waals surface area contributed by atoms with Crippen LogP contribution < -0.4 is 5.56 Å². The molecule has 0 amide bonds. The van der Waals surface area contributed by atoms with E-state index in [1.54, 1.807) is 6.07 Å². The molecular formula is C19H20N4O. The van der Waals surface area contributed by atoms with Crippen molar-refractivity contribution in [3.63, 3.8) is 0 Å². The van der Waals surface area contributed by atoms with Gasteiger partial charge in [0, 0.05) is 12.3 Å². The van der Waals surface area contributed by atoms with E-state index in [0.29, 0.717) is 0 Å². The fourth-order valence-corrected chi connectivity index (χ4v) is 3.29. The van der Waals surface area contributed by atoms with Crippen molar-refractivity contribution in [3.8, 4) is 11.3 Å².